The summed E-state index contributed by atoms with van der Waals surface area (Å²) >= 11 is 0. The third-order valence-corrected chi connectivity index (χ3v) is 5.12. The van der Waals surface area contributed by atoms with Gasteiger partial charge in [-0.1, -0.05) is 0 Å². The van der Waals surface area contributed by atoms with Gasteiger partial charge in [0.2, 0.25) is 0 Å². The van der Waals surface area contributed by atoms with Crippen molar-refractivity contribution in [3.8, 4) is 0 Å². The molecule has 2 aromatic heterocycles. The maximum atomic E-state index is 14.3. The number of carbonyl (C=O) groups excluding carboxylic acids is 1. The summed E-state index contributed by atoms with van der Waals surface area (Å²) in [6, 6.07) is 2.17. The summed E-state index contributed by atoms with van der Waals surface area (Å²) in [5, 5.41) is 15.7. The standard InChI is InChI=1S/C17H16F2N4O.C4H4O4/c1-9-12(21-8-20-9)7-23-6-5-13-15(17(23)24)14-10(18)3-4-11(19)16(14)22(13)2;5-3(6)1-2-4(7)8/h3-4,8H,5-7H2,1-2H3,(H,20,21);1-2H,(H,5,6)(H,7,8)/b;2-1-. The number of halogens is 2. The molecule has 3 heterocycles. The zero-order valence-electron chi connectivity index (χ0n) is 17.2. The van der Waals surface area contributed by atoms with Crippen LogP contribution >= 0.6 is 0 Å². The fraction of sp³-hybridized carbons (Fsp3) is 0.238. The molecule has 0 aliphatic carbocycles. The molecule has 1 aromatic carbocycles. The van der Waals surface area contributed by atoms with Crippen LogP contribution in [0.15, 0.2) is 30.6 Å². The summed E-state index contributed by atoms with van der Waals surface area (Å²) in [4.78, 5) is 40.9. The Balaban J connectivity index is 0.000000312. The summed E-state index contributed by atoms with van der Waals surface area (Å²) in [7, 11) is 1.67. The number of hydrogen-bond donors (Lipinski definition) is 3. The predicted molar refractivity (Wildman–Crippen MR) is 109 cm³/mol. The molecule has 3 N–H and O–H groups in total. The molecule has 9 nitrogen and oxygen atoms in total. The molecule has 0 unspecified atom stereocenters. The third-order valence-electron chi connectivity index (χ3n) is 5.12. The number of rotatable bonds is 4. The highest BCUT2D eigenvalue weighted by Gasteiger charge is 2.32. The highest BCUT2D eigenvalue weighted by atomic mass is 19.1. The van der Waals surface area contributed by atoms with E-state index in [4.69, 9.17) is 10.2 Å². The van der Waals surface area contributed by atoms with Crippen LogP contribution in [-0.4, -0.2) is 54.0 Å². The summed E-state index contributed by atoms with van der Waals surface area (Å²) < 4.78 is 30.1. The number of hydrogen-bond acceptors (Lipinski definition) is 4. The molecular formula is C21H20F2N4O5. The number of amides is 1. The number of carbonyl (C=O) groups is 3. The molecule has 4 rings (SSSR count). The number of carboxylic acid groups (broad SMARTS) is 2. The molecular weight excluding hydrogens is 426 g/mol. The van der Waals surface area contributed by atoms with E-state index in [2.05, 4.69) is 9.97 Å². The number of fused-ring (bicyclic) bond motifs is 3. The third kappa shape index (κ3) is 4.36. The van der Waals surface area contributed by atoms with Gasteiger partial charge in [-0.15, -0.1) is 0 Å². The number of aryl methyl sites for hydroxylation is 2. The Bertz CT molecular complexity index is 1230. The van der Waals surface area contributed by atoms with Gasteiger partial charge in [0.05, 0.1) is 35.0 Å². The van der Waals surface area contributed by atoms with Gasteiger partial charge in [0, 0.05) is 43.6 Å². The predicted octanol–water partition coefficient (Wildman–Crippen LogP) is 2.40. The topological polar surface area (TPSA) is 129 Å². The zero-order valence-corrected chi connectivity index (χ0v) is 17.2. The van der Waals surface area contributed by atoms with Crippen LogP contribution in [0.1, 0.15) is 27.4 Å². The van der Waals surface area contributed by atoms with Gasteiger partial charge in [0.15, 0.2) is 0 Å². The van der Waals surface area contributed by atoms with Crippen LogP contribution in [0.3, 0.4) is 0 Å². The Morgan fingerprint density at radius 2 is 1.81 bits per heavy atom. The summed E-state index contributed by atoms with van der Waals surface area (Å²) in [5.41, 5.74) is 2.76. The Morgan fingerprint density at radius 1 is 1.19 bits per heavy atom. The minimum atomic E-state index is -1.26. The first-order valence-corrected chi connectivity index (χ1v) is 9.49. The van der Waals surface area contributed by atoms with Gasteiger partial charge in [-0.3, -0.25) is 4.79 Å². The highest BCUT2D eigenvalue weighted by Crippen LogP contribution is 2.33. The van der Waals surface area contributed by atoms with Crippen molar-refractivity contribution >= 4 is 28.7 Å². The molecule has 1 amide bonds. The van der Waals surface area contributed by atoms with Crippen molar-refractivity contribution in [2.24, 2.45) is 7.05 Å². The molecule has 11 heteroatoms. The van der Waals surface area contributed by atoms with Crippen LogP contribution in [0.2, 0.25) is 0 Å². The smallest absolute Gasteiger partial charge is 0.328 e. The molecule has 0 spiro atoms. The van der Waals surface area contributed by atoms with Crippen molar-refractivity contribution in [1.82, 2.24) is 19.4 Å². The molecule has 32 heavy (non-hydrogen) atoms. The van der Waals surface area contributed by atoms with Crippen molar-refractivity contribution in [3.05, 3.63) is 64.9 Å². The van der Waals surface area contributed by atoms with E-state index in [1.165, 1.54) is 0 Å². The lowest BCUT2D eigenvalue weighted by Crippen LogP contribution is -2.37. The van der Waals surface area contributed by atoms with E-state index in [1.807, 2.05) is 6.92 Å². The van der Waals surface area contributed by atoms with E-state index >= 15 is 0 Å². The van der Waals surface area contributed by atoms with Crippen LogP contribution in [0.4, 0.5) is 8.78 Å². The number of nitrogens with one attached hydrogen (secondary N) is 1. The first-order valence-electron chi connectivity index (χ1n) is 9.49. The Hall–Kier alpha value is -4.02. The van der Waals surface area contributed by atoms with Crippen LogP contribution in [0, 0.1) is 18.6 Å². The number of carboxylic acids is 2. The summed E-state index contributed by atoms with van der Waals surface area (Å²) in [5.74, 6) is -3.89. The second-order valence-electron chi connectivity index (χ2n) is 7.09. The lowest BCUT2D eigenvalue weighted by molar-refractivity contribution is -0.134. The van der Waals surface area contributed by atoms with E-state index < -0.39 is 23.6 Å². The van der Waals surface area contributed by atoms with Gasteiger partial charge in [-0.25, -0.2) is 23.4 Å². The molecule has 0 radical (unpaired) electrons. The molecule has 0 fully saturated rings. The van der Waals surface area contributed by atoms with Gasteiger partial charge in [-0.2, -0.15) is 0 Å². The Labute approximate surface area is 180 Å². The van der Waals surface area contributed by atoms with Crippen LogP contribution in [0.5, 0.6) is 0 Å². The lowest BCUT2D eigenvalue weighted by Gasteiger charge is -2.27. The average molecular weight is 446 g/mol. The number of imidazole rings is 1. The zero-order chi connectivity index (χ0) is 23.6. The van der Waals surface area contributed by atoms with Gasteiger partial charge in [0.1, 0.15) is 11.6 Å². The largest absolute Gasteiger partial charge is 0.478 e. The molecule has 0 saturated heterocycles. The molecule has 3 aromatic rings. The Kier molecular flexibility index (Phi) is 6.37. The van der Waals surface area contributed by atoms with E-state index in [0.717, 1.165) is 23.5 Å². The van der Waals surface area contributed by atoms with Gasteiger partial charge in [-0.05, 0) is 19.1 Å². The number of aliphatic carboxylic acids is 2. The highest BCUT2D eigenvalue weighted by molar-refractivity contribution is 6.09. The molecule has 168 valence electrons. The van der Waals surface area contributed by atoms with Gasteiger partial charge < -0.3 is 24.7 Å². The molecule has 1 aliphatic heterocycles. The van der Waals surface area contributed by atoms with Gasteiger partial charge in [0.25, 0.3) is 5.91 Å². The first-order chi connectivity index (χ1) is 15.1. The fourth-order valence-electron chi connectivity index (χ4n) is 3.60. The SMILES string of the molecule is Cc1[nH]cnc1CN1CCc2c(c3c(F)ccc(F)c3n2C)C1=O.O=C(O)/C=C\C(=O)O. The van der Waals surface area contributed by atoms with Crippen molar-refractivity contribution in [2.75, 3.05) is 6.54 Å². The fourth-order valence-corrected chi connectivity index (χ4v) is 3.60. The Morgan fingerprint density at radius 3 is 2.38 bits per heavy atom. The van der Waals surface area contributed by atoms with E-state index in [9.17, 15) is 23.2 Å². The second kappa shape index (κ2) is 9.00. The van der Waals surface area contributed by atoms with E-state index in [1.54, 1.807) is 22.8 Å². The molecule has 1 aliphatic rings. The summed E-state index contributed by atoms with van der Waals surface area (Å²) in [6.45, 7) is 2.72. The van der Waals surface area contributed by atoms with Crippen LogP contribution in [0.25, 0.3) is 10.9 Å². The summed E-state index contributed by atoms with van der Waals surface area (Å²) in [6.07, 6.45) is 3.25. The normalized spacial score (nSPS) is 13.2. The maximum Gasteiger partial charge on any atom is 0.328 e. The number of nitrogens with zero attached hydrogens (tertiary/aromatic N) is 3. The molecule has 0 bridgehead atoms. The minimum absolute atomic E-state index is 0.0703. The number of H-pyrrole nitrogens is 1. The van der Waals surface area contributed by atoms with Crippen LogP contribution < -0.4 is 0 Å². The van der Waals surface area contributed by atoms with E-state index in [0.29, 0.717) is 37.4 Å². The minimum Gasteiger partial charge on any atom is -0.478 e. The number of benzene rings is 1. The van der Waals surface area contributed by atoms with Gasteiger partial charge >= 0.3 is 11.9 Å². The monoisotopic (exact) mass is 446 g/mol. The molecule has 0 atom stereocenters. The first kappa shape index (κ1) is 22.7. The van der Waals surface area contributed by atoms with Crippen molar-refractivity contribution in [3.63, 3.8) is 0 Å². The van der Waals surface area contributed by atoms with E-state index in [-0.39, 0.29) is 22.4 Å². The lowest BCUT2D eigenvalue weighted by atomic mass is 10.0. The quantitative estimate of drug-likeness (QED) is 0.528. The van der Waals surface area contributed by atoms with Crippen molar-refractivity contribution in [2.45, 2.75) is 19.9 Å². The number of aromatic nitrogens is 3. The van der Waals surface area contributed by atoms with Crippen LogP contribution in [-0.2, 0) is 29.6 Å². The molecule has 0 saturated carbocycles. The number of aromatic amines is 1. The maximum absolute atomic E-state index is 14.3. The van der Waals surface area contributed by atoms with Crippen molar-refractivity contribution < 1.29 is 33.4 Å². The van der Waals surface area contributed by atoms with Crippen molar-refractivity contribution in [1.29, 1.82) is 0 Å². The second-order valence-corrected chi connectivity index (χ2v) is 7.09. The average Bonchev–Trinajstić information content (AvgIpc) is 3.28.